The van der Waals surface area contributed by atoms with Gasteiger partial charge in [0.15, 0.2) is 0 Å². The number of ether oxygens (including phenoxy) is 2. The smallest absolute Gasteiger partial charge is 0.257 e. The largest absolute Gasteiger partial charge is 0.497 e. The van der Waals surface area contributed by atoms with Gasteiger partial charge in [-0.3, -0.25) is 4.79 Å². The van der Waals surface area contributed by atoms with Gasteiger partial charge < -0.3 is 23.8 Å². The maximum absolute atomic E-state index is 13.4. The fraction of sp³-hybridized carbons (Fsp3) is 0.292. The van der Waals surface area contributed by atoms with Gasteiger partial charge in [-0.25, -0.2) is 0 Å². The maximum Gasteiger partial charge on any atom is 0.257 e. The van der Waals surface area contributed by atoms with Gasteiger partial charge in [0.25, 0.3) is 5.91 Å². The van der Waals surface area contributed by atoms with Crippen molar-refractivity contribution in [3.63, 3.8) is 0 Å². The number of benzene rings is 2. The van der Waals surface area contributed by atoms with E-state index in [1.165, 1.54) is 0 Å². The molecule has 1 aliphatic rings. The molecule has 1 saturated heterocycles. The standard InChI is InChI=1S/C24H26ClN3O3/c1-30-19-8-6-18(7-9-19)26-12-5-13-28(15-14-26)24(29)20-16-21(25)22(17-23(20)31-2)27-10-3-4-11-27/h3-4,6-11,16-17H,5,12-15H2,1-2H3. The molecule has 6 nitrogen and oxygen atoms in total. The SMILES string of the molecule is COc1ccc(N2CCCN(C(=O)c3cc(Cl)c(-n4cccc4)cc3OC)CC2)cc1. The minimum absolute atomic E-state index is 0.0608. The lowest BCUT2D eigenvalue weighted by Gasteiger charge is -2.24. The molecule has 1 fully saturated rings. The molecular formula is C24H26ClN3O3. The number of carbonyl (C=O) groups is 1. The number of methoxy groups -OCH3 is 2. The zero-order valence-electron chi connectivity index (χ0n) is 17.8. The summed E-state index contributed by atoms with van der Waals surface area (Å²) in [7, 11) is 3.24. The summed E-state index contributed by atoms with van der Waals surface area (Å²) in [6, 6.07) is 15.4. The van der Waals surface area contributed by atoms with Crippen LogP contribution in [0.5, 0.6) is 11.5 Å². The molecule has 7 heteroatoms. The monoisotopic (exact) mass is 439 g/mol. The summed E-state index contributed by atoms with van der Waals surface area (Å²) in [6.07, 6.45) is 4.70. The average molecular weight is 440 g/mol. The van der Waals surface area contributed by atoms with Gasteiger partial charge in [-0.1, -0.05) is 11.6 Å². The number of nitrogens with zero attached hydrogens (tertiary/aromatic N) is 3. The van der Waals surface area contributed by atoms with Crippen LogP contribution in [0.25, 0.3) is 5.69 Å². The fourth-order valence-electron chi connectivity index (χ4n) is 3.91. The van der Waals surface area contributed by atoms with E-state index >= 15 is 0 Å². The molecule has 162 valence electrons. The van der Waals surface area contributed by atoms with Crippen LogP contribution in [0.1, 0.15) is 16.8 Å². The second kappa shape index (κ2) is 9.35. The molecule has 1 amide bonds. The molecule has 0 aliphatic carbocycles. The Labute approximate surface area is 187 Å². The third-order valence-corrected chi connectivity index (χ3v) is 5.91. The van der Waals surface area contributed by atoms with Crippen molar-refractivity contribution < 1.29 is 14.3 Å². The molecule has 0 N–H and O–H groups in total. The lowest BCUT2D eigenvalue weighted by atomic mass is 10.1. The molecule has 2 heterocycles. The molecule has 0 atom stereocenters. The highest BCUT2D eigenvalue weighted by molar-refractivity contribution is 6.33. The van der Waals surface area contributed by atoms with Crippen molar-refractivity contribution >= 4 is 23.2 Å². The van der Waals surface area contributed by atoms with Gasteiger partial charge in [-0.15, -0.1) is 0 Å². The molecule has 3 aromatic rings. The molecule has 1 aromatic heterocycles. The Hall–Kier alpha value is -3.12. The van der Waals surface area contributed by atoms with Crippen LogP contribution in [0.3, 0.4) is 0 Å². The first-order valence-electron chi connectivity index (χ1n) is 10.3. The molecular weight excluding hydrogens is 414 g/mol. The minimum Gasteiger partial charge on any atom is -0.497 e. The topological polar surface area (TPSA) is 46.9 Å². The summed E-state index contributed by atoms with van der Waals surface area (Å²) in [5.41, 5.74) is 2.40. The number of hydrogen-bond donors (Lipinski definition) is 0. The summed E-state index contributed by atoms with van der Waals surface area (Å²) in [5, 5.41) is 0.509. The summed E-state index contributed by atoms with van der Waals surface area (Å²) in [6.45, 7) is 2.97. The van der Waals surface area contributed by atoms with Crippen LogP contribution in [-0.4, -0.2) is 55.8 Å². The molecule has 0 unspecified atom stereocenters. The van der Waals surface area contributed by atoms with E-state index in [0.717, 1.165) is 36.6 Å². The number of halogens is 1. The highest BCUT2D eigenvalue weighted by Gasteiger charge is 2.24. The fourth-order valence-corrected chi connectivity index (χ4v) is 4.18. The van der Waals surface area contributed by atoms with Crippen LogP contribution in [-0.2, 0) is 0 Å². The van der Waals surface area contributed by atoms with Gasteiger partial charge in [0.05, 0.1) is 30.5 Å². The van der Waals surface area contributed by atoms with E-state index in [1.54, 1.807) is 20.3 Å². The predicted molar refractivity (Wildman–Crippen MR) is 123 cm³/mol. The molecule has 2 aromatic carbocycles. The van der Waals surface area contributed by atoms with Crippen molar-refractivity contribution in [1.82, 2.24) is 9.47 Å². The van der Waals surface area contributed by atoms with E-state index < -0.39 is 0 Å². The highest BCUT2D eigenvalue weighted by Crippen LogP contribution is 2.31. The molecule has 1 aliphatic heterocycles. The van der Waals surface area contributed by atoms with Gasteiger partial charge in [-0.2, -0.15) is 0 Å². The van der Waals surface area contributed by atoms with Gasteiger partial charge >= 0.3 is 0 Å². The third-order valence-electron chi connectivity index (χ3n) is 5.60. The Morgan fingerprint density at radius 1 is 0.935 bits per heavy atom. The van der Waals surface area contributed by atoms with Crippen molar-refractivity contribution in [2.24, 2.45) is 0 Å². The van der Waals surface area contributed by atoms with Crippen molar-refractivity contribution in [3.05, 3.63) is 71.5 Å². The molecule has 0 bridgehead atoms. The molecule has 0 radical (unpaired) electrons. The predicted octanol–water partition coefficient (Wildman–Crippen LogP) is 4.50. The van der Waals surface area contributed by atoms with Crippen LogP contribution >= 0.6 is 11.6 Å². The molecule has 0 spiro atoms. The van der Waals surface area contributed by atoms with Crippen molar-refractivity contribution in [3.8, 4) is 17.2 Å². The highest BCUT2D eigenvalue weighted by atomic mass is 35.5. The Morgan fingerprint density at radius 3 is 2.35 bits per heavy atom. The number of carbonyl (C=O) groups excluding carboxylic acids is 1. The summed E-state index contributed by atoms with van der Waals surface area (Å²) in [4.78, 5) is 17.5. The lowest BCUT2D eigenvalue weighted by Crippen LogP contribution is -2.35. The van der Waals surface area contributed by atoms with E-state index in [-0.39, 0.29) is 5.91 Å². The maximum atomic E-state index is 13.4. The van der Waals surface area contributed by atoms with E-state index in [2.05, 4.69) is 17.0 Å². The summed E-state index contributed by atoms with van der Waals surface area (Å²) in [5.74, 6) is 1.30. The zero-order valence-corrected chi connectivity index (χ0v) is 18.5. The van der Waals surface area contributed by atoms with Crippen LogP contribution in [0.15, 0.2) is 60.9 Å². The number of anilines is 1. The van der Waals surface area contributed by atoms with Crippen LogP contribution in [0.2, 0.25) is 5.02 Å². The number of aromatic nitrogens is 1. The van der Waals surface area contributed by atoms with Gasteiger partial charge in [0.1, 0.15) is 11.5 Å². The van der Waals surface area contributed by atoms with Crippen LogP contribution < -0.4 is 14.4 Å². The second-order valence-corrected chi connectivity index (χ2v) is 7.83. The first-order valence-corrected chi connectivity index (χ1v) is 10.7. The minimum atomic E-state index is -0.0608. The van der Waals surface area contributed by atoms with Crippen molar-refractivity contribution in [2.45, 2.75) is 6.42 Å². The Balaban J connectivity index is 1.52. The van der Waals surface area contributed by atoms with Gasteiger partial charge in [0, 0.05) is 50.3 Å². The molecule has 4 rings (SSSR count). The average Bonchev–Trinajstić information content (AvgIpc) is 3.22. The van der Waals surface area contributed by atoms with E-state index in [0.29, 0.717) is 29.4 Å². The quantitative estimate of drug-likeness (QED) is 0.587. The normalized spacial score (nSPS) is 14.3. The van der Waals surface area contributed by atoms with Crippen molar-refractivity contribution in [1.29, 1.82) is 0 Å². The van der Waals surface area contributed by atoms with Gasteiger partial charge in [-0.05, 0) is 48.9 Å². The number of rotatable bonds is 5. The Bertz CT molecular complexity index is 1030. The van der Waals surface area contributed by atoms with Gasteiger partial charge in [0.2, 0.25) is 0 Å². The van der Waals surface area contributed by atoms with E-state index in [1.807, 2.05) is 52.2 Å². The van der Waals surface area contributed by atoms with E-state index in [4.69, 9.17) is 21.1 Å². The van der Waals surface area contributed by atoms with Crippen LogP contribution in [0, 0.1) is 0 Å². The van der Waals surface area contributed by atoms with Crippen LogP contribution in [0.4, 0.5) is 5.69 Å². The number of amides is 1. The zero-order chi connectivity index (χ0) is 21.8. The van der Waals surface area contributed by atoms with E-state index in [9.17, 15) is 4.79 Å². The first-order chi connectivity index (χ1) is 15.1. The molecule has 0 saturated carbocycles. The summed E-state index contributed by atoms with van der Waals surface area (Å²) < 4.78 is 12.7. The number of hydrogen-bond acceptors (Lipinski definition) is 4. The lowest BCUT2D eigenvalue weighted by molar-refractivity contribution is 0.0763. The summed E-state index contributed by atoms with van der Waals surface area (Å²) >= 11 is 6.53. The Kier molecular flexibility index (Phi) is 6.37. The molecule has 31 heavy (non-hydrogen) atoms. The van der Waals surface area contributed by atoms with Crippen molar-refractivity contribution in [2.75, 3.05) is 45.3 Å². The second-order valence-electron chi connectivity index (χ2n) is 7.43. The Morgan fingerprint density at radius 2 is 1.68 bits per heavy atom. The first kappa shape index (κ1) is 21.1. The third kappa shape index (κ3) is 4.49.